The van der Waals surface area contributed by atoms with Gasteiger partial charge in [0.1, 0.15) is 5.75 Å². The number of carbonyl (C=O) groups excluding carboxylic acids is 2. The van der Waals surface area contributed by atoms with E-state index in [4.69, 9.17) is 4.74 Å². The molecule has 3 saturated carbocycles. The quantitative estimate of drug-likeness (QED) is 0.684. The number of nitrogens with zero attached hydrogens (tertiary/aromatic N) is 1. The predicted molar refractivity (Wildman–Crippen MR) is 125 cm³/mol. The molecule has 4 aliphatic rings. The first-order valence-corrected chi connectivity index (χ1v) is 12.3. The molecule has 33 heavy (non-hydrogen) atoms. The molecule has 0 unspecified atom stereocenters. The van der Waals surface area contributed by atoms with E-state index in [1.807, 2.05) is 24.3 Å². The molecular formula is C27H35FN2O3. The molecule has 3 aliphatic carbocycles. The minimum atomic E-state index is -0.604. The molecule has 1 aromatic rings. The van der Waals surface area contributed by atoms with Gasteiger partial charge in [-0.25, -0.2) is 4.39 Å². The molecule has 0 spiro atoms. The summed E-state index contributed by atoms with van der Waals surface area (Å²) in [5, 5.41) is 3.14. The van der Waals surface area contributed by atoms with Gasteiger partial charge in [0.25, 0.3) is 5.91 Å². The highest BCUT2D eigenvalue weighted by Crippen LogP contribution is 2.65. The number of amides is 2. The minimum absolute atomic E-state index is 0.0249. The van der Waals surface area contributed by atoms with Crippen LogP contribution in [0.25, 0.3) is 0 Å². The number of anilines is 1. The molecule has 0 aromatic heterocycles. The van der Waals surface area contributed by atoms with Gasteiger partial charge in [-0.1, -0.05) is 19.9 Å². The number of benzene rings is 1. The third-order valence-electron chi connectivity index (χ3n) is 9.81. The lowest BCUT2D eigenvalue weighted by Gasteiger charge is -2.60. The number of hydrogen-bond acceptors (Lipinski definition) is 3. The van der Waals surface area contributed by atoms with Gasteiger partial charge in [0.15, 0.2) is 5.83 Å². The van der Waals surface area contributed by atoms with Gasteiger partial charge in [0.05, 0.1) is 7.11 Å². The Morgan fingerprint density at radius 2 is 1.94 bits per heavy atom. The second-order valence-corrected chi connectivity index (χ2v) is 11.1. The normalized spacial score (nSPS) is 39.8. The third kappa shape index (κ3) is 3.31. The smallest absolute Gasteiger partial charge is 0.282 e. The van der Waals surface area contributed by atoms with Gasteiger partial charge in [0.2, 0.25) is 5.91 Å². The van der Waals surface area contributed by atoms with Crippen LogP contribution in [0.1, 0.15) is 52.4 Å². The summed E-state index contributed by atoms with van der Waals surface area (Å²) < 4.78 is 19.9. The Morgan fingerprint density at radius 3 is 2.70 bits per heavy atom. The molecule has 1 N–H and O–H groups in total. The van der Waals surface area contributed by atoms with Gasteiger partial charge in [-0.05, 0) is 79.9 Å². The van der Waals surface area contributed by atoms with Crippen LogP contribution >= 0.6 is 0 Å². The van der Waals surface area contributed by atoms with E-state index in [2.05, 4.69) is 19.2 Å². The highest BCUT2D eigenvalue weighted by Gasteiger charge is 2.62. The lowest BCUT2D eigenvalue weighted by atomic mass is 9.47. The van der Waals surface area contributed by atoms with E-state index in [9.17, 15) is 14.0 Å². The SMILES string of the molecule is COc1cccc(NC(=O)[C@H]2CC[C@H]3[C@@H]4CC[C@H]5N(C)C(=O)C(F)=C[C@]5(C)[C@H]4CC[C@]23C)c1. The van der Waals surface area contributed by atoms with Crippen molar-refractivity contribution in [2.24, 2.45) is 34.5 Å². The number of halogens is 1. The van der Waals surface area contributed by atoms with E-state index in [1.165, 1.54) is 0 Å². The summed E-state index contributed by atoms with van der Waals surface area (Å²) in [5.41, 5.74) is 0.382. The summed E-state index contributed by atoms with van der Waals surface area (Å²) in [5.74, 6) is 0.975. The first-order chi connectivity index (χ1) is 15.7. The molecule has 6 heteroatoms. The Morgan fingerprint density at radius 1 is 1.15 bits per heavy atom. The number of hydrogen-bond donors (Lipinski definition) is 1. The van der Waals surface area contributed by atoms with E-state index < -0.39 is 11.7 Å². The third-order valence-corrected chi connectivity index (χ3v) is 9.81. The van der Waals surface area contributed by atoms with Crippen LogP contribution in [0.15, 0.2) is 36.2 Å². The van der Waals surface area contributed by atoms with Gasteiger partial charge >= 0.3 is 0 Å². The number of methoxy groups -OCH3 is 1. The second-order valence-electron chi connectivity index (χ2n) is 11.1. The van der Waals surface area contributed by atoms with Crippen LogP contribution in [0.4, 0.5) is 10.1 Å². The molecule has 7 atom stereocenters. The van der Waals surface area contributed by atoms with E-state index in [0.29, 0.717) is 17.8 Å². The number of carbonyl (C=O) groups is 2. The molecule has 0 radical (unpaired) electrons. The van der Waals surface area contributed by atoms with Crippen molar-refractivity contribution in [1.29, 1.82) is 0 Å². The van der Waals surface area contributed by atoms with E-state index >= 15 is 0 Å². The van der Waals surface area contributed by atoms with Crippen LogP contribution < -0.4 is 10.1 Å². The first kappa shape index (κ1) is 22.4. The molecule has 3 fully saturated rings. The van der Waals surface area contributed by atoms with Gasteiger partial charge < -0.3 is 15.0 Å². The monoisotopic (exact) mass is 454 g/mol. The summed E-state index contributed by atoms with van der Waals surface area (Å²) in [4.78, 5) is 27.3. The summed E-state index contributed by atoms with van der Waals surface area (Å²) in [6.45, 7) is 4.46. The molecule has 178 valence electrons. The predicted octanol–water partition coefficient (Wildman–Crippen LogP) is 5.19. The molecule has 1 aliphatic heterocycles. The Bertz CT molecular complexity index is 1010. The fourth-order valence-corrected chi connectivity index (χ4v) is 8.19. The molecule has 1 aromatic carbocycles. The maximum absolute atomic E-state index is 14.6. The first-order valence-electron chi connectivity index (χ1n) is 12.3. The van der Waals surface area contributed by atoms with Crippen molar-refractivity contribution < 1.29 is 18.7 Å². The van der Waals surface area contributed by atoms with Crippen molar-refractivity contribution in [3.05, 3.63) is 36.2 Å². The van der Waals surface area contributed by atoms with Gasteiger partial charge in [0, 0.05) is 36.2 Å². The lowest BCUT2D eigenvalue weighted by molar-refractivity contribution is -0.144. The molecule has 1 heterocycles. The van der Waals surface area contributed by atoms with Crippen molar-refractivity contribution in [2.45, 2.75) is 58.4 Å². The van der Waals surface area contributed by atoms with E-state index in [1.54, 1.807) is 25.1 Å². The van der Waals surface area contributed by atoms with Crippen LogP contribution in [0.2, 0.25) is 0 Å². The number of likely N-dealkylation sites (N-methyl/N-ethyl adjacent to an activating group) is 1. The number of rotatable bonds is 3. The zero-order chi connectivity index (χ0) is 23.5. The van der Waals surface area contributed by atoms with Crippen molar-refractivity contribution >= 4 is 17.5 Å². The highest BCUT2D eigenvalue weighted by molar-refractivity contribution is 5.94. The van der Waals surface area contributed by atoms with Gasteiger partial charge in [-0.2, -0.15) is 0 Å². The summed E-state index contributed by atoms with van der Waals surface area (Å²) in [6, 6.07) is 7.57. The van der Waals surface area contributed by atoms with Crippen LogP contribution in [-0.4, -0.2) is 36.9 Å². The Hall–Kier alpha value is -2.37. The fourth-order valence-electron chi connectivity index (χ4n) is 8.19. The average molecular weight is 455 g/mol. The van der Waals surface area contributed by atoms with Crippen LogP contribution in [0.5, 0.6) is 5.75 Å². The molecule has 5 nitrogen and oxygen atoms in total. The van der Waals surface area contributed by atoms with Gasteiger partial charge in [-0.15, -0.1) is 0 Å². The molecule has 2 amide bonds. The molecule has 0 bridgehead atoms. The van der Waals surface area contributed by atoms with Crippen LogP contribution in [0.3, 0.4) is 0 Å². The Labute approximate surface area is 195 Å². The maximum Gasteiger partial charge on any atom is 0.282 e. The average Bonchev–Trinajstić information content (AvgIpc) is 3.15. The topological polar surface area (TPSA) is 58.6 Å². The van der Waals surface area contributed by atoms with Crippen molar-refractivity contribution in [1.82, 2.24) is 4.90 Å². The summed E-state index contributed by atoms with van der Waals surface area (Å²) in [7, 11) is 3.37. The minimum Gasteiger partial charge on any atom is -0.497 e. The van der Waals surface area contributed by atoms with E-state index in [0.717, 1.165) is 50.0 Å². The number of ether oxygens (including phenoxy) is 1. The maximum atomic E-state index is 14.6. The zero-order valence-electron chi connectivity index (χ0n) is 20.1. The van der Waals surface area contributed by atoms with Crippen molar-refractivity contribution in [2.75, 3.05) is 19.5 Å². The molecule has 0 saturated heterocycles. The van der Waals surface area contributed by atoms with E-state index in [-0.39, 0.29) is 28.7 Å². The second kappa shape index (κ2) is 7.85. The zero-order valence-corrected chi connectivity index (χ0v) is 20.1. The number of fused-ring (bicyclic) bond motifs is 5. The van der Waals surface area contributed by atoms with Crippen molar-refractivity contribution in [3.63, 3.8) is 0 Å². The summed E-state index contributed by atoms with van der Waals surface area (Å²) >= 11 is 0. The van der Waals surface area contributed by atoms with Crippen LogP contribution in [-0.2, 0) is 9.59 Å². The Kier molecular flexibility index (Phi) is 5.33. The summed E-state index contributed by atoms with van der Waals surface area (Å²) in [6.07, 6.45) is 7.45. The number of nitrogens with one attached hydrogen (secondary N) is 1. The van der Waals surface area contributed by atoms with Crippen molar-refractivity contribution in [3.8, 4) is 5.75 Å². The van der Waals surface area contributed by atoms with Gasteiger partial charge in [-0.3, -0.25) is 9.59 Å². The lowest BCUT2D eigenvalue weighted by Crippen LogP contribution is -2.60. The largest absolute Gasteiger partial charge is 0.497 e. The molecular weight excluding hydrogens is 419 g/mol. The fraction of sp³-hybridized carbons (Fsp3) is 0.630. The highest BCUT2D eigenvalue weighted by atomic mass is 19.1. The standard InChI is InChI=1S/C27H35FN2O3/c1-26-13-12-20-18(8-11-23-27(20,2)15-22(28)25(32)30(23)3)19(26)9-10-21(26)24(31)29-16-6-5-7-17(14-16)33-4/h5-7,14-15,18-21,23H,8-13H2,1-4H3,(H,29,31)/t18-,19-,20-,21+,23+,26-,27+/m0/s1. The van der Waals surface area contributed by atoms with Crippen LogP contribution in [0, 0.1) is 34.5 Å². The Balaban J connectivity index is 1.38. The molecule has 5 rings (SSSR count).